The average Bonchev–Trinajstić information content (AvgIpc) is 3.35. The Kier molecular flexibility index (Phi) is 3.40. The fraction of sp³-hybridized carbons (Fsp3) is 0.333. The van der Waals surface area contributed by atoms with E-state index in [-0.39, 0.29) is 12.1 Å². The Labute approximate surface area is 129 Å². The number of hydrogen-bond donors (Lipinski definition) is 1. The Morgan fingerprint density at radius 3 is 2.67 bits per heavy atom. The van der Waals surface area contributed by atoms with E-state index in [1.54, 1.807) is 0 Å². The molecule has 0 radical (unpaired) electrons. The van der Waals surface area contributed by atoms with Crippen LogP contribution in [0.3, 0.4) is 0 Å². The molecule has 0 bridgehead atoms. The van der Waals surface area contributed by atoms with Crippen LogP contribution in [-0.2, 0) is 0 Å². The molecule has 2 aromatic rings. The molecular formula is C18H19NOS. The zero-order chi connectivity index (χ0) is 14.2. The van der Waals surface area contributed by atoms with Gasteiger partial charge >= 0.3 is 0 Å². The van der Waals surface area contributed by atoms with Gasteiger partial charge in [-0.2, -0.15) is 0 Å². The number of fused-ring (bicyclic) bond motifs is 1. The monoisotopic (exact) mass is 297 g/mol. The quantitative estimate of drug-likeness (QED) is 0.939. The van der Waals surface area contributed by atoms with Crippen molar-refractivity contribution in [2.45, 2.75) is 29.4 Å². The molecule has 4 atom stereocenters. The van der Waals surface area contributed by atoms with E-state index < -0.39 is 0 Å². The molecule has 1 fully saturated rings. The molecule has 1 aliphatic heterocycles. The van der Waals surface area contributed by atoms with Gasteiger partial charge in [0, 0.05) is 16.7 Å². The molecular weight excluding hydrogens is 278 g/mol. The summed E-state index contributed by atoms with van der Waals surface area (Å²) < 4.78 is 6.13. The minimum atomic E-state index is 0.121. The highest BCUT2D eigenvalue weighted by Crippen LogP contribution is 2.50. The maximum Gasteiger partial charge on any atom is 0.133 e. The molecule has 0 aromatic heterocycles. The van der Waals surface area contributed by atoms with E-state index in [1.165, 1.54) is 16.9 Å². The number of ether oxygens (including phenoxy) is 1. The molecule has 21 heavy (non-hydrogen) atoms. The van der Waals surface area contributed by atoms with E-state index >= 15 is 0 Å². The van der Waals surface area contributed by atoms with Crippen LogP contribution in [-0.4, -0.2) is 17.9 Å². The molecule has 1 aliphatic carbocycles. The summed E-state index contributed by atoms with van der Waals surface area (Å²) in [5.41, 5.74) is 7.92. The Balaban J connectivity index is 1.45. The second kappa shape index (κ2) is 5.39. The molecule has 2 nitrogen and oxygen atoms in total. The normalized spacial score (nSPS) is 28.3. The second-order valence-electron chi connectivity index (χ2n) is 5.91. The maximum atomic E-state index is 6.50. The number of benzene rings is 2. The van der Waals surface area contributed by atoms with Gasteiger partial charge < -0.3 is 10.5 Å². The fourth-order valence-electron chi connectivity index (χ4n) is 3.22. The van der Waals surface area contributed by atoms with Gasteiger partial charge in [-0.3, -0.25) is 0 Å². The SMILES string of the molecule is NC(C1CSc2ccccc2O1)C1CC1c1ccccc1. The molecule has 3 heteroatoms. The predicted molar refractivity (Wildman–Crippen MR) is 86.8 cm³/mol. The van der Waals surface area contributed by atoms with Gasteiger partial charge in [0.25, 0.3) is 0 Å². The first kappa shape index (κ1) is 13.2. The first-order chi connectivity index (χ1) is 10.3. The summed E-state index contributed by atoms with van der Waals surface area (Å²) in [5, 5.41) is 0. The summed E-state index contributed by atoms with van der Waals surface area (Å²) in [5.74, 6) is 3.12. The van der Waals surface area contributed by atoms with Crippen molar-refractivity contribution in [1.82, 2.24) is 0 Å². The van der Waals surface area contributed by atoms with Crippen LogP contribution in [0.4, 0.5) is 0 Å². The Morgan fingerprint density at radius 2 is 1.81 bits per heavy atom. The molecule has 0 spiro atoms. The molecule has 1 saturated carbocycles. The summed E-state index contributed by atoms with van der Waals surface area (Å²) in [6.45, 7) is 0. The number of nitrogens with two attached hydrogens (primary N) is 1. The number of para-hydroxylation sites is 1. The molecule has 4 unspecified atom stereocenters. The van der Waals surface area contributed by atoms with E-state index in [0.29, 0.717) is 11.8 Å². The third-order valence-electron chi connectivity index (χ3n) is 4.52. The third kappa shape index (κ3) is 2.56. The summed E-state index contributed by atoms with van der Waals surface area (Å²) in [6.07, 6.45) is 1.32. The summed E-state index contributed by atoms with van der Waals surface area (Å²) >= 11 is 1.86. The summed E-state index contributed by atoms with van der Waals surface area (Å²) in [6, 6.07) is 19.1. The van der Waals surface area contributed by atoms with Crippen molar-refractivity contribution in [3.8, 4) is 5.75 Å². The first-order valence-corrected chi connectivity index (χ1v) is 8.50. The van der Waals surface area contributed by atoms with Gasteiger partial charge in [0.15, 0.2) is 0 Å². The smallest absolute Gasteiger partial charge is 0.133 e. The first-order valence-electron chi connectivity index (χ1n) is 7.52. The molecule has 4 rings (SSSR count). The van der Waals surface area contributed by atoms with Gasteiger partial charge in [-0.05, 0) is 36.0 Å². The van der Waals surface area contributed by atoms with Gasteiger partial charge in [0.2, 0.25) is 0 Å². The minimum Gasteiger partial charge on any atom is -0.487 e. The number of hydrogen-bond acceptors (Lipinski definition) is 3. The lowest BCUT2D eigenvalue weighted by molar-refractivity contribution is 0.173. The molecule has 1 heterocycles. The van der Waals surface area contributed by atoms with Crippen molar-refractivity contribution < 1.29 is 4.74 Å². The van der Waals surface area contributed by atoms with Gasteiger partial charge in [0.1, 0.15) is 11.9 Å². The minimum absolute atomic E-state index is 0.121. The maximum absolute atomic E-state index is 6.50. The highest BCUT2D eigenvalue weighted by Gasteiger charge is 2.46. The van der Waals surface area contributed by atoms with Gasteiger partial charge in [-0.25, -0.2) is 0 Å². The van der Waals surface area contributed by atoms with Crippen LogP contribution in [0.2, 0.25) is 0 Å². The van der Waals surface area contributed by atoms with E-state index in [0.717, 1.165) is 11.5 Å². The van der Waals surface area contributed by atoms with E-state index in [2.05, 4.69) is 42.5 Å². The molecule has 2 aliphatic rings. The lowest BCUT2D eigenvalue weighted by atomic mass is 10.0. The van der Waals surface area contributed by atoms with Crippen molar-refractivity contribution >= 4 is 11.8 Å². The van der Waals surface area contributed by atoms with Gasteiger partial charge in [0.05, 0.1) is 0 Å². The number of rotatable bonds is 3. The highest BCUT2D eigenvalue weighted by atomic mass is 32.2. The molecule has 0 amide bonds. The van der Waals surface area contributed by atoms with Crippen molar-refractivity contribution in [1.29, 1.82) is 0 Å². The number of thioether (sulfide) groups is 1. The van der Waals surface area contributed by atoms with Crippen molar-refractivity contribution in [2.75, 3.05) is 5.75 Å². The average molecular weight is 297 g/mol. The Hall–Kier alpha value is -1.45. The Bertz CT molecular complexity index is 630. The zero-order valence-corrected chi connectivity index (χ0v) is 12.6. The van der Waals surface area contributed by atoms with Crippen LogP contribution in [0.1, 0.15) is 17.9 Å². The van der Waals surface area contributed by atoms with Crippen LogP contribution in [0.15, 0.2) is 59.5 Å². The van der Waals surface area contributed by atoms with E-state index in [1.807, 2.05) is 23.9 Å². The molecule has 2 N–H and O–H groups in total. The predicted octanol–water partition coefficient (Wildman–Crippen LogP) is 3.67. The fourth-order valence-corrected chi connectivity index (χ4v) is 4.29. The summed E-state index contributed by atoms with van der Waals surface area (Å²) in [4.78, 5) is 1.23. The van der Waals surface area contributed by atoms with Crippen LogP contribution in [0.25, 0.3) is 0 Å². The van der Waals surface area contributed by atoms with E-state index in [4.69, 9.17) is 10.5 Å². The molecule has 0 saturated heterocycles. The lowest BCUT2D eigenvalue weighted by Crippen LogP contribution is -2.44. The van der Waals surface area contributed by atoms with Crippen molar-refractivity contribution in [3.63, 3.8) is 0 Å². The standard InChI is InChI=1S/C18H19NOS/c19-18(14-10-13(14)12-6-2-1-3-7-12)16-11-21-17-9-5-4-8-15(17)20-16/h1-9,13-14,16,18H,10-11,19H2. The van der Waals surface area contributed by atoms with Gasteiger partial charge in [-0.15, -0.1) is 11.8 Å². The van der Waals surface area contributed by atoms with Crippen LogP contribution in [0.5, 0.6) is 5.75 Å². The Morgan fingerprint density at radius 1 is 1.05 bits per heavy atom. The van der Waals surface area contributed by atoms with E-state index in [9.17, 15) is 0 Å². The third-order valence-corrected chi connectivity index (χ3v) is 5.67. The largest absolute Gasteiger partial charge is 0.487 e. The van der Waals surface area contributed by atoms with Crippen molar-refractivity contribution in [3.05, 3.63) is 60.2 Å². The van der Waals surface area contributed by atoms with Crippen LogP contribution < -0.4 is 10.5 Å². The van der Waals surface area contributed by atoms with Crippen LogP contribution >= 0.6 is 11.8 Å². The zero-order valence-electron chi connectivity index (χ0n) is 11.8. The van der Waals surface area contributed by atoms with Gasteiger partial charge in [-0.1, -0.05) is 42.5 Å². The summed E-state index contributed by atoms with van der Waals surface area (Å²) in [7, 11) is 0. The second-order valence-corrected chi connectivity index (χ2v) is 6.97. The topological polar surface area (TPSA) is 35.2 Å². The highest BCUT2D eigenvalue weighted by molar-refractivity contribution is 7.99. The molecule has 2 aromatic carbocycles. The van der Waals surface area contributed by atoms with Crippen molar-refractivity contribution in [2.24, 2.45) is 11.7 Å². The lowest BCUT2D eigenvalue weighted by Gasteiger charge is -2.30. The van der Waals surface area contributed by atoms with Crippen LogP contribution in [0, 0.1) is 5.92 Å². The molecule has 108 valence electrons.